The quantitative estimate of drug-likeness (QED) is 0.738. The second-order valence-corrected chi connectivity index (χ2v) is 7.86. The van der Waals surface area contributed by atoms with Crippen molar-refractivity contribution in [1.29, 1.82) is 0 Å². The molecule has 2 rings (SSSR count). The van der Waals surface area contributed by atoms with E-state index in [9.17, 15) is 13.2 Å². The molecule has 128 valence electrons. The number of carbonyl (C=O) groups excluding carboxylic acids is 1. The summed E-state index contributed by atoms with van der Waals surface area (Å²) in [5, 5.41) is 0. The third-order valence-electron chi connectivity index (χ3n) is 4.13. The first-order valence-electron chi connectivity index (χ1n) is 7.97. The van der Waals surface area contributed by atoms with Crippen LogP contribution in [-0.2, 0) is 19.4 Å². The summed E-state index contributed by atoms with van der Waals surface area (Å²) in [5.41, 5.74) is 0. The molecular formula is C16H24N2O4S. The second-order valence-electron chi connectivity index (χ2n) is 5.87. The lowest BCUT2D eigenvalue weighted by atomic mass is 9.92. The van der Waals surface area contributed by atoms with Gasteiger partial charge in [-0.2, -0.15) is 0 Å². The molecular weight excluding hydrogens is 316 g/mol. The lowest BCUT2D eigenvalue weighted by molar-refractivity contribution is -0.143. The van der Waals surface area contributed by atoms with Crippen molar-refractivity contribution in [3.63, 3.8) is 0 Å². The van der Waals surface area contributed by atoms with E-state index in [2.05, 4.69) is 4.98 Å². The first-order valence-corrected chi connectivity index (χ1v) is 9.86. The Kier molecular flexibility index (Phi) is 5.98. The number of piperidine rings is 1. The maximum atomic E-state index is 11.9. The van der Waals surface area contributed by atoms with Gasteiger partial charge in [-0.15, -0.1) is 0 Å². The molecule has 1 aromatic heterocycles. The Hall–Kier alpha value is -1.63. The van der Waals surface area contributed by atoms with Crippen molar-refractivity contribution in [2.75, 3.05) is 30.9 Å². The lowest BCUT2D eigenvalue weighted by Crippen LogP contribution is -2.35. The topological polar surface area (TPSA) is 76.6 Å². The molecule has 1 aliphatic heterocycles. The van der Waals surface area contributed by atoms with Gasteiger partial charge in [0.2, 0.25) is 0 Å². The van der Waals surface area contributed by atoms with Crippen molar-refractivity contribution in [3.05, 3.63) is 18.3 Å². The van der Waals surface area contributed by atoms with Crippen LogP contribution in [0, 0.1) is 5.92 Å². The van der Waals surface area contributed by atoms with E-state index in [1.54, 1.807) is 18.3 Å². The molecule has 0 N–H and O–H groups in total. The van der Waals surface area contributed by atoms with Gasteiger partial charge in [0.15, 0.2) is 9.84 Å². The molecule has 23 heavy (non-hydrogen) atoms. The first kappa shape index (κ1) is 17.7. The number of aromatic nitrogens is 1. The number of esters is 1. The van der Waals surface area contributed by atoms with Crippen molar-refractivity contribution in [1.82, 2.24) is 4.98 Å². The van der Waals surface area contributed by atoms with Crippen LogP contribution in [0.2, 0.25) is 0 Å². The van der Waals surface area contributed by atoms with Crippen LogP contribution in [0.4, 0.5) is 5.82 Å². The van der Waals surface area contributed by atoms with E-state index in [4.69, 9.17) is 4.74 Å². The highest BCUT2D eigenvalue weighted by atomic mass is 32.2. The molecule has 0 amide bonds. The van der Waals surface area contributed by atoms with Crippen LogP contribution in [0.15, 0.2) is 23.2 Å². The molecule has 0 bridgehead atoms. The van der Waals surface area contributed by atoms with E-state index in [0.717, 1.165) is 32.4 Å². The van der Waals surface area contributed by atoms with Crippen molar-refractivity contribution in [3.8, 4) is 0 Å². The molecule has 0 radical (unpaired) electrons. The molecule has 0 atom stereocenters. The number of rotatable bonds is 6. The van der Waals surface area contributed by atoms with Gasteiger partial charge in [0.25, 0.3) is 0 Å². The monoisotopic (exact) mass is 340 g/mol. The van der Waals surface area contributed by atoms with E-state index in [0.29, 0.717) is 24.8 Å². The van der Waals surface area contributed by atoms with Crippen molar-refractivity contribution >= 4 is 21.6 Å². The van der Waals surface area contributed by atoms with Gasteiger partial charge in [0.1, 0.15) is 10.7 Å². The number of sulfone groups is 1. The Labute approximate surface area is 137 Å². The van der Waals surface area contributed by atoms with Gasteiger partial charge in [0.05, 0.1) is 6.61 Å². The minimum Gasteiger partial charge on any atom is -0.466 e. The van der Waals surface area contributed by atoms with Crippen LogP contribution in [-0.4, -0.2) is 45.3 Å². The fraction of sp³-hybridized carbons (Fsp3) is 0.625. The molecule has 0 aliphatic carbocycles. The molecule has 0 saturated carbocycles. The van der Waals surface area contributed by atoms with Gasteiger partial charge in [-0.1, -0.05) is 0 Å². The standard InChI is InChI=1S/C16H24N2O4S/c1-3-22-15(19)7-6-13-8-11-18(12-9-13)16-14(23(2,20)21)5-4-10-17-16/h4-5,10,13H,3,6-9,11-12H2,1-2H3. The maximum Gasteiger partial charge on any atom is 0.305 e. The van der Waals surface area contributed by atoms with Crippen molar-refractivity contribution in [2.45, 2.75) is 37.5 Å². The van der Waals surface area contributed by atoms with E-state index in [-0.39, 0.29) is 10.9 Å². The molecule has 0 aromatic carbocycles. The summed E-state index contributed by atoms with van der Waals surface area (Å²) < 4.78 is 28.7. The maximum absolute atomic E-state index is 11.9. The Balaban J connectivity index is 1.94. The van der Waals surface area contributed by atoms with Crippen LogP contribution in [0.3, 0.4) is 0 Å². The summed E-state index contributed by atoms with van der Waals surface area (Å²) in [6.07, 6.45) is 5.97. The van der Waals surface area contributed by atoms with Gasteiger partial charge in [-0.05, 0) is 44.2 Å². The number of anilines is 1. The zero-order valence-corrected chi connectivity index (χ0v) is 14.5. The number of pyridine rings is 1. The Bertz CT molecular complexity index is 637. The summed E-state index contributed by atoms with van der Waals surface area (Å²) in [7, 11) is -3.29. The van der Waals surface area contributed by atoms with Crippen LogP contribution >= 0.6 is 0 Å². The molecule has 1 aromatic rings. The fourth-order valence-corrected chi connectivity index (χ4v) is 3.74. The summed E-state index contributed by atoms with van der Waals surface area (Å²) in [4.78, 5) is 18.0. The van der Waals surface area contributed by atoms with E-state index in [1.165, 1.54) is 6.26 Å². The third-order valence-corrected chi connectivity index (χ3v) is 5.24. The summed E-state index contributed by atoms with van der Waals surface area (Å²) in [6, 6.07) is 3.25. The van der Waals surface area contributed by atoms with Crippen LogP contribution in [0.1, 0.15) is 32.6 Å². The van der Waals surface area contributed by atoms with Crippen molar-refractivity contribution in [2.24, 2.45) is 5.92 Å². The highest BCUT2D eigenvalue weighted by Crippen LogP contribution is 2.28. The number of hydrogen-bond acceptors (Lipinski definition) is 6. The predicted molar refractivity (Wildman–Crippen MR) is 88.2 cm³/mol. The van der Waals surface area contributed by atoms with Crippen LogP contribution in [0.25, 0.3) is 0 Å². The average Bonchev–Trinajstić information content (AvgIpc) is 2.53. The summed E-state index contributed by atoms with van der Waals surface area (Å²) >= 11 is 0. The molecule has 0 unspecified atom stereocenters. The zero-order chi connectivity index (χ0) is 16.9. The first-order chi connectivity index (χ1) is 10.9. The minimum atomic E-state index is -3.29. The highest BCUT2D eigenvalue weighted by molar-refractivity contribution is 7.90. The van der Waals surface area contributed by atoms with E-state index in [1.807, 2.05) is 11.8 Å². The lowest BCUT2D eigenvalue weighted by Gasteiger charge is -2.33. The molecule has 1 aliphatic rings. The van der Waals surface area contributed by atoms with Gasteiger partial charge < -0.3 is 9.64 Å². The van der Waals surface area contributed by atoms with Gasteiger partial charge in [0, 0.05) is 32.0 Å². The molecule has 7 heteroatoms. The van der Waals surface area contributed by atoms with Crippen LogP contribution < -0.4 is 4.90 Å². The predicted octanol–water partition coefficient (Wildman–Crippen LogP) is 2.04. The summed E-state index contributed by atoms with van der Waals surface area (Å²) in [6.45, 7) is 3.74. The summed E-state index contributed by atoms with van der Waals surface area (Å²) in [5.74, 6) is 0.874. The smallest absolute Gasteiger partial charge is 0.305 e. The Morgan fingerprint density at radius 2 is 2.09 bits per heavy atom. The Morgan fingerprint density at radius 1 is 1.39 bits per heavy atom. The number of ether oxygens (including phenoxy) is 1. The highest BCUT2D eigenvalue weighted by Gasteiger charge is 2.25. The average molecular weight is 340 g/mol. The van der Waals surface area contributed by atoms with E-state index < -0.39 is 9.84 Å². The minimum absolute atomic E-state index is 0.140. The van der Waals surface area contributed by atoms with Gasteiger partial charge in [-0.25, -0.2) is 13.4 Å². The number of nitrogens with zero attached hydrogens (tertiary/aromatic N) is 2. The molecule has 6 nitrogen and oxygen atoms in total. The van der Waals surface area contributed by atoms with Gasteiger partial charge in [-0.3, -0.25) is 4.79 Å². The molecule has 1 fully saturated rings. The van der Waals surface area contributed by atoms with E-state index >= 15 is 0 Å². The van der Waals surface area contributed by atoms with Crippen LogP contribution in [0.5, 0.6) is 0 Å². The molecule has 2 heterocycles. The third kappa shape index (κ3) is 4.92. The second kappa shape index (κ2) is 7.77. The molecule has 0 spiro atoms. The van der Waals surface area contributed by atoms with Crippen molar-refractivity contribution < 1.29 is 17.9 Å². The molecule has 1 saturated heterocycles. The Morgan fingerprint density at radius 3 is 2.70 bits per heavy atom. The largest absolute Gasteiger partial charge is 0.466 e. The fourth-order valence-electron chi connectivity index (χ4n) is 2.90. The van der Waals surface area contributed by atoms with Gasteiger partial charge >= 0.3 is 5.97 Å². The number of hydrogen-bond donors (Lipinski definition) is 0. The normalized spacial score (nSPS) is 16.3. The SMILES string of the molecule is CCOC(=O)CCC1CCN(c2ncccc2S(C)(=O)=O)CC1. The zero-order valence-electron chi connectivity index (χ0n) is 13.7. The number of carbonyl (C=O) groups is 1.